The van der Waals surface area contributed by atoms with Crippen LogP contribution in [0.3, 0.4) is 0 Å². The van der Waals surface area contributed by atoms with Gasteiger partial charge in [-0.3, -0.25) is 0 Å². The van der Waals surface area contributed by atoms with E-state index in [1.807, 2.05) is 26.0 Å². The van der Waals surface area contributed by atoms with Gasteiger partial charge in [0.25, 0.3) is 5.22 Å². The van der Waals surface area contributed by atoms with Gasteiger partial charge in [0.15, 0.2) is 0 Å². The fraction of sp³-hybridized carbons (Fsp3) is 0.438. The van der Waals surface area contributed by atoms with Crippen LogP contribution < -0.4 is 0 Å². The van der Waals surface area contributed by atoms with E-state index in [0.29, 0.717) is 30.8 Å². The summed E-state index contributed by atoms with van der Waals surface area (Å²) in [5, 5.41) is 8.75. The summed E-state index contributed by atoms with van der Waals surface area (Å²) in [4.78, 5) is 13.0. The minimum atomic E-state index is -0.218. The molecule has 0 unspecified atom stereocenters. The summed E-state index contributed by atoms with van der Waals surface area (Å²) in [5.41, 5.74) is 3.29. The maximum Gasteiger partial charge on any atom is 0.409 e. The van der Waals surface area contributed by atoms with Crippen molar-refractivity contribution in [3.05, 3.63) is 29.3 Å². The molecule has 2 aromatic rings. The Hall–Kier alpha value is -2.02. The van der Waals surface area contributed by atoms with Crippen LogP contribution in [-0.4, -0.2) is 46.6 Å². The van der Waals surface area contributed by atoms with Crippen LogP contribution in [0.2, 0.25) is 0 Å². The molecular formula is C16H19N3O3S. The molecule has 122 valence electrons. The molecule has 2 heterocycles. The van der Waals surface area contributed by atoms with Gasteiger partial charge in [-0.2, -0.15) is 0 Å². The highest BCUT2D eigenvalue weighted by Crippen LogP contribution is 2.25. The van der Waals surface area contributed by atoms with Crippen molar-refractivity contribution < 1.29 is 13.9 Å². The molecule has 0 N–H and O–H groups in total. The van der Waals surface area contributed by atoms with E-state index < -0.39 is 0 Å². The summed E-state index contributed by atoms with van der Waals surface area (Å²) < 4.78 is 10.6. The highest BCUT2D eigenvalue weighted by Gasteiger charge is 2.20. The molecule has 0 atom stereocenters. The van der Waals surface area contributed by atoms with Gasteiger partial charge in [0, 0.05) is 17.9 Å². The van der Waals surface area contributed by atoms with Gasteiger partial charge < -0.3 is 14.1 Å². The van der Waals surface area contributed by atoms with Crippen LogP contribution in [0.1, 0.15) is 17.5 Å². The summed E-state index contributed by atoms with van der Waals surface area (Å²) >= 11 is 1.51. The molecule has 1 aliphatic rings. The monoisotopic (exact) mass is 333 g/mol. The largest absolute Gasteiger partial charge is 0.448 e. The van der Waals surface area contributed by atoms with E-state index >= 15 is 0 Å². The van der Waals surface area contributed by atoms with Crippen molar-refractivity contribution >= 4 is 17.9 Å². The van der Waals surface area contributed by atoms with Crippen molar-refractivity contribution in [3.8, 4) is 11.5 Å². The lowest BCUT2D eigenvalue weighted by Gasteiger charge is -2.10. The number of cyclic esters (lactones) is 1. The molecule has 23 heavy (non-hydrogen) atoms. The van der Waals surface area contributed by atoms with Crippen molar-refractivity contribution in [1.82, 2.24) is 15.1 Å². The molecule has 0 radical (unpaired) electrons. The molecule has 0 spiro atoms. The maximum absolute atomic E-state index is 11.3. The number of hydrogen-bond acceptors (Lipinski definition) is 6. The first-order valence-corrected chi connectivity index (χ1v) is 8.57. The van der Waals surface area contributed by atoms with Gasteiger partial charge in [-0.05, 0) is 32.4 Å². The molecule has 3 rings (SSSR count). The highest BCUT2D eigenvalue weighted by atomic mass is 32.2. The Balaban J connectivity index is 1.52. The minimum Gasteiger partial charge on any atom is -0.448 e. The molecule has 1 saturated heterocycles. The van der Waals surface area contributed by atoms with Gasteiger partial charge in [0.1, 0.15) is 6.61 Å². The molecule has 1 amide bonds. The van der Waals surface area contributed by atoms with Crippen LogP contribution in [0.15, 0.2) is 27.8 Å². The molecule has 0 saturated carbocycles. The summed E-state index contributed by atoms with van der Waals surface area (Å²) in [6, 6.07) is 6.18. The van der Waals surface area contributed by atoms with Crippen molar-refractivity contribution in [2.75, 3.05) is 25.4 Å². The second-order valence-electron chi connectivity index (χ2n) is 5.55. The van der Waals surface area contributed by atoms with Crippen LogP contribution >= 0.6 is 11.8 Å². The lowest BCUT2D eigenvalue weighted by molar-refractivity contribution is 0.158. The number of amides is 1. The zero-order valence-electron chi connectivity index (χ0n) is 13.2. The summed E-state index contributed by atoms with van der Waals surface area (Å²) in [6.45, 7) is 5.97. The number of hydrogen-bond donors (Lipinski definition) is 0. The molecule has 7 heteroatoms. The molecule has 1 aromatic carbocycles. The lowest BCUT2D eigenvalue weighted by Crippen LogP contribution is -2.25. The van der Waals surface area contributed by atoms with Gasteiger partial charge in [-0.1, -0.05) is 29.0 Å². The fourth-order valence-corrected chi connectivity index (χ4v) is 3.21. The zero-order valence-corrected chi connectivity index (χ0v) is 14.1. The van der Waals surface area contributed by atoms with Crippen LogP contribution in [0.4, 0.5) is 4.79 Å². The van der Waals surface area contributed by atoms with Crippen LogP contribution in [0.25, 0.3) is 11.5 Å². The molecule has 0 bridgehead atoms. The first-order chi connectivity index (χ1) is 11.1. The molecule has 0 aliphatic carbocycles. The second kappa shape index (κ2) is 7.04. The third-order valence-electron chi connectivity index (χ3n) is 3.52. The number of carbonyl (C=O) groups is 1. The Bertz CT molecular complexity index is 681. The van der Waals surface area contributed by atoms with Gasteiger partial charge in [-0.25, -0.2) is 4.79 Å². The first-order valence-electron chi connectivity index (χ1n) is 7.58. The van der Waals surface area contributed by atoms with Crippen molar-refractivity contribution in [1.29, 1.82) is 0 Å². The minimum absolute atomic E-state index is 0.218. The van der Waals surface area contributed by atoms with E-state index in [2.05, 4.69) is 16.3 Å². The molecule has 1 fully saturated rings. The Kier molecular flexibility index (Phi) is 4.85. The number of aromatic nitrogens is 2. The average molecular weight is 333 g/mol. The first kappa shape index (κ1) is 15.9. The Morgan fingerprint density at radius 1 is 1.22 bits per heavy atom. The highest BCUT2D eigenvalue weighted by molar-refractivity contribution is 7.99. The van der Waals surface area contributed by atoms with Crippen LogP contribution in [0, 0.1) is 13.8 Å². The summed E-state index contributed by atoms with van der Waals surface area (Å²) in [6.07, 6.45) is 0.644. The van der Waals surface area contributed by atoms with E-state index in [4.69, 9.17) is 9.15 Å². The van der Waals surface area contributed by atoms with E-state index in [9.17, 15) is 4.79 Å². The number of thioether (sulfide) groups is 1. The lowest BCUT2D eigenvalue weighted by atomic mass is 10.1. The van der Waals surface area contributed by atoms with E-state index in [-0.39, 0.29) is 6.09 Å². The third-order valence-corrected chi connectivity index (χ3v) is 4.42. The quantitative estimate of drug-likeness (QED) is 0.597. The molecule has 1 aromatic heterocycles. The topological polar surface area (TPSA) is 68.5 Å². The van der Waals surface area contributed by atoms with Gasteiger partial charge in [0.2, 0.25) is 5.89 Å². The third kappa shape index (κ3) is 4.04. The number of nitrogens with zero attached hydrogens (tertiary/aromatic N) is 3. The van der Waals surface area contributed by atoms with E-state index in [1.54, 1.807) is 4.90 Å². The zero-order chi connectivity index (χ0) is 16.2. The predicted molar refractivity (Wildman–Crippen MR) is 87.5 cm³/mol. The summed E-state index contributed by atoms with van der Waals surface area (Å²) in [7, 11) is 0. The fourth-order valence-electron chi connectivity index (χ4n) is 2.53. The predicted octanol–water partition coefficient (Wildman–Crippen LogP) is 3.29. The number of ether oxygens (including phenoxy) is 1. The smallest absolute Gasteiger partial charge is 0.409 e. The Labute approximate surface area is 139 Å². The van der Waals surface area contributed by atoms with E-state index in [1.165, 1.54) is 22.9 Å². The Morgan fingerprint density at radius 3 is 2.70 bits per heavy atom. The molecule has 6 nitrogen and oxygen atoms in total. The van der Waals surface area contributed by atoms with Crippen LogP contribution in [0.5, 0.6) is 0 Å². The Morgan fingerprint density at radius 2 is 2.00 bits per heavy atom. The van der Waals surface area contributed by atoms with Crippen molar-refractivity contribution in [3.63, 3.8) is 0 Å². The normalized spacial score (nSPS) is 14.3. The molecular weight excluding hydrogens is 314 g/mol. The van der Waals surface area contributed by atoms with Crippen LogP contribution in [-0.2, 0) is 4.74 Å². The van der Waals surface area contributed by atoms with Crippen molar-refractivity contribution in [2.45, 2.75) is 25.5 Å². The maximum atomic E-state index is 11.3. The second-order valence-corrected chi connectivity index (χ2v) is 6.60. The molecule has 1 aliphatic heterocycles. The number of rotatable bonds is 6. The SMILES string of the molecule is Cc1cc(C)cc(-c2nnc(SCCCN3CCOC3=O)o2)c1. The van der Waals surface area contributed by atoms with E-state index in [0.717, 1.165) is 17.7 Å². The van der Waals surface area contributed by atoms with Gasteiger partial charge in [0.05, 0.1) is 6.54 Å². The number of benzene rings is 1. The number of aryl methyl sites for hydroxylation is 2. The van der Waals surface area contributed by atoms with Gasteiger partial charge >= 0.3 is 6.09 Å². The van der Waals surface area contributed by atoms with Gasteiger partial charge in [-0.15, -0.1) is 10.2 Å². The summed E-state index contributed by atoms with van der Waals surface area (Å²) in [5.74, 6) is 1.36. The average Bonchev–Trinajstić information content (AvgIpc) is 3.12. The van der Waals surface area contributed by atoms with Crippen molar-refractivity contribution in [2.24, 2.45) is 0 Å². The number of carbonyl (C=O) groups excluding carboxylic acids is 1. The standard InChI is InChI=1S/C16H19N3O3S/c1-11-8-12(2)10-13(9-11)14-17-18-15(22-14)23-7-3-4-19-5-6-21-16(19)20/h8-10H,3-7H2,1-2H3.